The van der Waals surface area contributed by atoms with Crippen LogP contribution in [0.5, 0.6) is 0 Å². The molecule has 0 spiro atoms. The van der Waals surface area contributed by atoms with E-state index >= 15 is 0 Å². The van der Waals surface area contributed by atoms with Crippen LogP contribution in [0.2, 0.25) is 0 Å². The molecule has 1 N–H and O–H groups in total. The van der Waals surface area contributed by atoms with Crippen molar-refractivity contribution in [1.82, 2.24) is 19.6 Å². The fourth-order valence-electron chi connectivity index (χ4n) is 5.10. The van der Waals surface area contributed by atoms with Crippen LogP contribution in [-0.2, 0) is 10.0 Å². The Morgan fingerprint density at radius 1 is 1.03 bits per heavy atom. The van der Waals surface area contributed by atoms with Crippen LogP contribution in [0.15, 0.2) is 53.7 Å². The number of nitrogens with one attached hydrogen (secondary N) is 1. The molecule has 5 rings (SSSR count). The molecule has 0 unspecified atom stereocenters. The largest absolute Gasteiger partial charge is 0.349 e. The molecular formula is C27H32N4O3S. The van der Waals surface area contributed by atoms with Crippen LogP contribution in [0.1, 0.15) is 62.2 Å². The number of amides is 1. The van der Waals surface area contributed by atoms with Crippen molar-refractivity contribution in [2.75, 3.05) is 13.1 Å². The van der Waals surface area contributed by atoms with E-state index < -0.39 is 10.0 Å². The quantitative estimate of drug-likeness (QED) is 0.553. The van der Waals surface area contributed by atoms with Crippen LogP contribution in [0.3, 0.4) is 0 Å². The molecule has 1 aromatic carbocycles. The second-order valence-corrected chi connectivity index (χ2v) is 11.8. The van der Waals surface area contributed by atoms with Gasteiger partial charge in [-0.3, -0.25) is 9.78 Å². The van der Waals surface area contributed by atoms with Crippen molar-refractivity contribution in [3.63, 3.8) is 0 Å². The number of piperidine rings is 1. The van der Waals surface area contributed by atoms with E-state index in [9.17, 15) is 13.2 Å². The Morgan fingerprint density at radius 3 is 2.51 bits per heavy atom. The number of hydrogen-bond donors (Lipinski definition) is 1. The lowest BCUT2D eigenvalue weighted by Crippen LogP contribution is -2.38. The van der Waals surface area contributed by atoms with E-state index in [-0.39, 0.29) is 16.8 Å². The summed E-state index contributed by atoms with van der Waals surface area (Å²) in [5.41, 5.74) is 2.48. The summed E-state index contributed by atoms with van der Waals surface area (Å²) in [6, 6.07) is 10.6. The lowest BCUT2D eigenvalue weighted by atomic mass is 9.95. The van der Waals surface area contributed by atoms with Crippen molar-refractivity contribution < 1.29 is 13.2 Å². The summed E-state index contributed by atoms with van der Waals surface area (Å²) >= 11 is 0. The molecule has 2 aliphatic rings. The topological polar surface area (TPSA) is 92.3 Å². The third-order valence-electron chi connectivity index (χ3n) is 7.30. The average molecular weight is 493 g/mol. The molecule has 2 aromatic heterocycles. The highest BCUT2D eigenvalue weighted by atomic mass is 32.2. The minimum Gasteiger partial charge on any atom is -0.349 e. The molecular weight excluding hydrogens is 460 g/mol. The van der Waals surface area contributed by atoms with Crippen molar-refractivity contribution >= 4 is 26.8 Å². The maximum Gasteiger partial charge on any atom is 0.252 e. The average Bonchev–Trinajstić information content (AvgIpc) is 2.89. The minimum atomic E-state index is -3.65. The van der Waals surface area contributed by atoms with E-state index in [2.05, 4.69) is 17.2 Å². The fourth-order valence-corrected chi connectivity index (χ4v) is 6.60. The third kappa shape index (κ3) is 5.09. The van der Waals surface area contributed by atoms with Gasteiger partial charge in [0.1, 0.15) is 0 Å². The number of fused-ring (bicyclic) bond motifs is 1. The molecule has 35 heavy (non-hydrogen) atoms. The van der Waals surface area contributed by atoms with Crippen LogP contribution in [0.25, 0.3) is 22.2 Å². The molecule has 1 aliphatic carbocycles. The maximum atomic E-state index is 13.5. The van der Waals surface area contributed by atoms with Gasteiger partial charge in [0.25, 0.3) is 5.91 Å². The molecule has 2 fully saturated rings. The predicted octanol–water partition coefficient (Wildman–Crippen LogP) is 4.78. The van der Waals surface area contributed by atoms with Gasteiger partial charge in [0.05, 0.1) is 21.7 Å². The van der Waals surface area contributed by atoms with Gasteiger partial charge in [-0.15, -0.1) is 0 Å². The standard InChI is InChI=1S/C27H32N4O3S/c1-19-11-14-31(15-12-19)35(33,34)22-9-10-25-23(16-22)24(27(32)29-21-7-3-2-4-8-21)17-26(30-25)20-6-5-13-28-18-20/h5-6,9-10,13,16-19,21H,2-4,7-8,11-12,14-15H2,1H3,(H,29,32). The van der Waals surface area contributed by atoms with Crippen LogP contribution in [0.4, 0.5) is 0 Å². The van der Waals surface area contributed by atoms with Crippen LogP contribution < -0.4 is 5.32 Å². The maximum absolute atomic E-state index is 13.5. The first-order valence-corrected chi connectivity index (χ1v) is 14.0. The molecule has 8 heteroatoms. The number of sulfonamides is 1. The highest BCUT2D eigenvalue weighted by molar-refractivity contribution is 7.89. The molecule has 3 aromatic rings. The van der Waals surface area contributed by atoms with Gasteiger partial charge >= 0.3 is 0 Å². The smallest absolute Gasteiger partial charge is 0.252 e. The van der Waals surface area contributed by atoms with Gasteiger partial charge in [0, 0.05) is 42.5 Å². The third-order valence-corrected chi connectivity index (χ3v) is 9.20. The number of pyridine rings is 2. The molecule has 0 bridgehead atoms. The number of nitrogens with zero attached hydrogens (tertiary/aromatic N) is 3. The first-order chi connectivity index (χ1) is 16.9. The summed E-state index contributed by atoms with van der Waals surface area (Å²) in [4.78, 5) is 22.6. The molecule has 1 saturated carbocycles. The van der Waals surface area contributed by atoms with E-state index in [1.807, 2.05) is 12.1 Å². The minimum absolute atomic E-state index is 0.142. The van der Waals surface area contributed by atoms with Crippen molar-refractivity contribution in [3.05, 3.63) is 54.4 Å². The number of aromatic nitrogens is 2. The number of hydrogen-bond acceptors (Lipinski definition) is 5. The van der Waals surface area contributed by atoms with E-state index in [1.54, 1.807) is 41.0 Å². The van der Waals surface area contributed by atoms with E-state index in [0.29, 0.717) is 41.2 Å². The first-order valence-electron chi connectivity index (χ1n) is 12.6. The summed E-state index contributed by atoms with van der Waals surface area (Å²) in [6.07, 6.45) is 10.5. The monoisotopic (exact) mass is 492 g/mol. The lowest BCUT2D eigenvalue weighted by molar-refractivity contribution is 0.0929. The zero-order valence-electron chi connectivity index (χ0n) is 20.1. The first kappa shape index (κ1) is 23.9. The highest BCUT2D eigenvalue weighted by Gasteiger charge is 2.29. The molecule has 1 aliphatic heterocycles. The van der Waals surface area contributed by atoms with Crippen LogP contribution in [0, 0.1) is 5.92 Å². The summed E-state index contributed by atoms with van der Waals surface area (Å²) in [5.74, 6) is 0.346. The Morgan fingerprint density at radius 2 is 1.80 bits per heavy atom. The zero-order chi connectivity index (χ0) is 24.4. The van der Waals surface area contributed by atoms with Gasteiger partial charge in [-0.25, -0.2) is 13.4 Å². The van der Waals surface area contributed by atoms with Gasteiger partial charge in [-0.1, -0.05) is 26.2 Å². The second kappa shape index (κ2) is 10.0. The molecule has 0 atom stereocenters. The van der Waals surface area contributed by atoms with E-state index in [4.69, 9.17) is 4.98 Å². The zero-order valence-corrected chi connectivity index (χ0v) is 20.9. The highest BCUT2D eigenvalue weighted by Crippen LogP contribution is 2.30. The van der Waals surface area contributed by atoms with Crippen LogP contribution in [-0.4, -0.2) is 47.7 Å². The number of benzene rings is 1. The number of carbonyl (C=O) groups excluding carboxylic acids is 1. The summed E-state index contributed by atoms with van der Waals surface area (Å²) in [7, 11) is -3.65. The molecule has 1 amide bonds. The van der Waals surface area contributed by atoms with Gasteiger partial charge in [0.15, 0.2) is 0 Å². The molecule has 7 nitrogen and oxygen atoms in total. The number of carbonyl (C=O) groups is 1. The summed E-state index contributed by atoms with van der Waals surface area (Å²) in [6.45, 7) is 3.20. The van der Waals surface area contributed by atoms with Gasteiger partial charge < -0.3 is 5.32 Å². The Balaban J connectivity index is 1.57. The fraction of sp³-hybridized carbons (Fsp3) is 0.444. The molecule has 0 radical (unpaired) electrons. The number of rotatable bonds is 5. The Kier molecular flexibility index (Phi) is 6.84. The van der Waals surface area contributed by atoms with Gasteiger partial charge in [0.2, 0.25) is 10.0 Å². The molecule has 184 valence electrons. The van der Waals surface area contributed by atoms with Crippen molar-refractivity contribution in [2.45, 2.75) is 62.8 Å². The Bertz CT molecular complexity index is 1310. The Labute approximate surface area is 207 Å². The SMILES string of the molecule is CC1CCN(S(=O)(=O)c2ccc3nc(-c4cccnc4)cc(C(=O)NC4CCCCC4)c3c2)CC1. The van der Waals surface area contributed by atoms with E-state index in [0.717, 1.165) is 44.1 Å². The summed E-state index contributed by atoms with van der Waals surface area (Å²) in [5, 5.41) is 3.74. The van der Waals surface area contributed by atoms with Crippen molar-refractivity contribution in [1.29, 1.82) is 0 Å². The van der Waals surface area contributed by atoms with Gasteiger partial charge in [-0.2, -0.15) is 4.31 Å². The van der Waals surface area contributed by atoms with Crippen LogP contribution >= 0.6 is 0 Å². The van der Waals surface area contributed by atoms with E-state index in [1.165, 1.54) is 6.42 Å². The normalized spacial score (nSPS) is 18.5. The second-order valence-electron chi connectivity index (χ2n) is 9.87. The van der Waals surface area contributed by atoms with Crippen molar-refractivity contribution in [3.8, 4) is 11.3 Å². The summed E-state index contributed by atoms with van der Waals surface area (Å²) < 4.78 is 28.4. The molecule has 3 heterocycles. The Hall–Kier alpha value is -2.84. The van der Waals surface area contributed by atoms with Crippen molar-refractivity contribution in [2.24, 2.45) is 5.92 Å². The lowest BCUT2D eigenvalue weighted by Gasteiger charge is -2.29. The predicted molar refractivity (Wildman–Crippen MR) is 136 cm³/mol. The molecule has 1 saturated heterocycles. The van der Waals surface area contributed by atoms with Gasteiger partial charge in [-0.05, 0) is 68.0 Å².